The van der Waals surface area contributed by atoms with Gasteiger partial charge in [0.15, 0.2) is 0 Å². The standard InChI is InChI=1S/C20H23N3/c1-17(18-8-4-2-5-9-18)22-12-14-23(15-13-22)20(16-21)19-10-6-3-7-11-19/h2-11,17,20H,12-15H2,1H3/t17-,20+/m1/s1. The van der Waals surface area contributed by atoms with Crippen LogP contribution in [0.25, 0.3) is 0 Å². The molecule has 1 aliphatic rings. The minimum Gasteiger partial charge on any atom is -0.294 e. The smallest absolute Gasteiger partial charge is 0.123 e. The Morgan fingerprint density at radius 2 is 1.26 bits per heavy atom. The zero-order valence-electron chi connectivity index (χ0n) is 13.6. The van der Waals surface area contributed by atoms with Gasteiger partial charge in [0.2, 0.25) is 0 Å². The first kappa shape index (κ1) is 15.7. The lowest BCUT2D eigenvalue weighted by molar-refractivity contribution is 0.0876. The summed E-state index contributed by atoms with van der Waals surface area (Å²) in [6.07, 6.45) is 0. The van der Waals surface area contributed by atoms with Gasteiger partial charge in [0.25, 0.3) is 0 Å². The molecule has 1 aliphatic heterocycles. The van der Waals surface area contributed by atoms with E-state index in [-0.39, 0.29) is 6.04 Å². The van der Waals surface area contributed by atoms with Gasteiger partial charge in [-0.3, -0.25) is 9.80 Å². The van der Waals surface area contributed by atoms with E-state index in [1.807, 2.05) is 30.3 Å². The number of hydrogen-bond donors (Lipinski definition) is 0. The summed E-state index contributed by atoms with van der Waals surface area (Å²) in [5, 5.41) is 9.58. The summed E-state index contributed by atoms with van der Waals surface area (Å²) in [6, 6.07) is 23.5. The first-order valence-corrected chi connectivity index (χ1v) is 8.27. The van der Waals surface area contributed by atoms with Crippen molar-refractivity contribution in [2.75, 3.05) is 26.2 Å². The van der Waals surface area contributed by atoms with Crippen molar-refractivity contribution in [3.05, 3.63) is 71.8 Å². The summed E-state index contributed by atoms with van der Waals surface area (Å²) in [7, 11) is 0. The largest absolute Gasteiger partial charge is 0.294 e. The third-order valence-electron chi connectivity index (χ3n) is 4.78. The molecule has 1 fully saturated rings. The highest BCUT2D eigenvalue weighted by atomic mass is 15.3. The Morgan fingerprint density at radius 3 is 1.78 bits per heavy atom. The zero-order valence-corrected chi connectivity index (χ0v) is 13.6. The first-order valence-electron chi connectivity index (χ1n) is 8.27. The minimum atomic E-state index is -0.134. The molecule has 0 aliphatic carbocycles. The normalized spacial score (nSPS) is 19.0. The third-order valence-corrected chi connectivity index (χ3v) is 4.78. The molecule has 0 bridgehead atoms. The van der Waals surface area contributed by atoms with E-state index in [1.165, 1.54) is 5.56 Å². The van der Waals surface area contributed by atoms with Crippen molar-refractivity contribution in [2.24, 2.45) is 0 Å². The molecule has 0 spiro atoms. The Balaban J connectivity index is 1.63. The van der Waals surface area contributed by atoms with Gasteiger partial charge in [0, 0.05) is 32.2 Å². The number of piperazine rings is 1. The predicted octanol–water partition coefficient (Wildman–Crippen LogP) is 3.63. The molecule has 0 saturated carbocycles. The van der Waals surface area contributed by atoms with E-state index in [4.69, 9.17) is 0 Å². The molecular weight excluding hydrogens is 282 g/mol. The second-order valence-electron chi connectivity index (χ2n) is 6.10. The molecule has 3 nitrogen and oxygen atoms in total. The molecule has 0 N–H and O–H groups in total. The topological polar surface area (TPSA) is 30.3 Å². The fourth-order valence-corrected chi connectivity index (χ4v) is 3.33. The maximum absolute atomic E-state index is 9.58. The van der Waals surface area contributed by atoms with E-state index < -0.39 is 0 Å². The average Bonchev–Trinajstić information content (AvgIpc) is 2.64. The van der Waals surface area contributed by atoms with Crippen molar-refractivity contribution in [1.82, 2.24) is 9.80 Å². The summed E-state index contributed by atoms with van der Waals surface area (Å²) < 4.78 is 0. The molecule has 0 radical (unpaired) electrons. The second-order valence-corrected chi connectivity index (χ2v) is 6.10. The SMILES string of the molecule is C[C@H](c1ccccc1)N1CCN([C@@H](C#N)c2ccccc2)CC1. The van der Waals surface area contributed by atoms with E-state index >= 15 is 0 Å². The van der Waals surface area contributed by atoms with Crippen molar-refractivity contribution >= 4 is 0 Å². The van der Waals surface area contributed by atoms with Gasteiger partial charge in [-0.05, 0) is 18.1 Å². The molecule has 0 aromatic heterocycles. The zero-order chi connectivity index (χ0) is 16.1. The summed E-state index contributed by atoms with van der Waals surface area (Å²) in [4.78, 5) is 4.80. The van der Waals surface area contributed by atoms with Crippen LogP contribution in [-0.2, 0) is 0 Å². The van der Waals surface area contributed by atoms with Crippen LogP contribution < -0.4 is 0 Å². The lowest BCUT2D eigenvalue weighted by Gasteiger charge is -2.40. The molecule has 0 unspecified atom stereocenters. The number of nitrogens with zero attached hydrogens (tertiary/aromatic N) is 3. The summed E-state index contributed by atoms with van der Waals surface area (Å²) in [5.41, 5.74) is 2.46. The van der Waals surface area contributed by atoms with E-state index in [1.54, 1.807) is 0 Å². The predicted molar refractivity (Wildman–Crippen MR) is 92.8 cm³/mol. The molecule has 2 aromatic carbocycles. The first-order chi connectivity index (χ1) is 11.3. The number of nitriles is 1. The van der Waals surface area contributed by atoms with Gasteiger partial charge in [-0.15, -0.1) is 0 Å². The Morgan fingerprint density at radius 1 is 0.783 bits per heavy atom. The van der Waals surface area contributed by atoms with Gasteiger partial charge in [-0.1, -0.05) is 60.7 Å². The molecule has 1 heterocycles. The van der Waals surface area contributed by atoms with E-state index in [0.29, 0.717) is 6.04 Å². The maximum Gasteiger partial charge on any atom is 0.123 e. The van der Waals surface area contributed by atoms with Gasteiger partial charge in [-0.25, -0.2) is 0 Å². The molecule has 23 heavy (non-hydrogen) atoms. The summed E-state index contributed by atoms with van der Waals surface area (Å²) in [5.74, 6) is 0. The fraction of sp³-hybridized carbons (Fsp3) is 0.350. The van der Waals surface area contributed by atoms with Crippen LogP contribution >= 0.6 is 0 Å². The highest BCUT2D eigenvalue weighted by Crippen LogP contribution is 2.25. The minimum absolute atomic E-state index is 0.134. The molecule has 0 amide bonds. The van der Waals surface area contributed by atoms with E-state index in [9.17, 15) is 5.26 Å². The molecule has 3 rings (SSSR count). The van der Waals surface area contributed by atoms with Crippen molar-refractivity contribution < 1.29 is 0 Å². The van der Waals surface area contributed by atoms with Crippen molar-refractivity contribution in [3.8, 4) is 6.07 Å². The van der Waals surface area contributed by atoms with Crippen LogP contribution in [-0.4, -0.2) is 36.0 Å². The second kappa shape index (κ2) is 7.41. The van der Waals surface area contributed by atoms with Crippen molar-refractivity contribution in [1.29, 1.82) is 5.26 Å². The van der Waals surface area contributed by atoms with Crippen LogP contribution in [0.15, 0.2) is 60.7 Å². The van der Waals surface area contributed by atoms with Crippen LogP contribution in [0.4, 0.5) is 0 Å². The average molecular weight is 305 g/mol. The van der Waals surface area contributed by atoms with Gasteiger partial charge in [0.05, 0.1) is 6.07 Å². The lowest BCUT2D eigenvalue weighted by Crippen LogP contribution is -2.48. The van der Waals surface area contributed by atoms with E-state index in [0.717, 1.165) is 31.7 Å². The van der Waals surface area contributed by atoms with Gasteiger partial charge in [0.1, 0.15) is 6.04 Å². The Kier molecular flexibility index (Phi) is 5.07. The van der Waals surface area contributed by atoms with Crippen molar-refractivity contribution in [2.45, 2.75) is 19.0 Å². The molecule has 3 heteroatoms. The van der Waals surface area contributed by atoms with Gasteiger partial charge in [-0.2, -0.15) is 5.26 Å². The molecule has 118 valence electrons. The van der Waals surface area contributed by atoms with Gasteiger partial charge < -0.3 is 0 Å². The lowest BCUT2D eigenvalue weighted by atomic mass is 10.0. The van der Waals surface area contributed by atoms with Crippen molar-refractivity contribution in [3.63, 3.8) is 0 Å². The molecule has 1 saturated heterocycles. The summed E-state index contributed by atoms with van der Waals surface area (Å²) in [6.45, 7) is 6.14. The van der Waals surface area contributed by atoms with E-state index in [2.05, 4.69) is 53.1 Å². The maximum atomic E-state index is 9.58. The Bertz CT molecular complexity index is 640. The molecule has 2 atom stereocenters. The number of benzene rings is 2. The van der Waals surface area contributed by atoms with Gasteiger partial charge >= 0.3 is 0 Å². The number of hydrogen-bond acceptors (Lipinski definition) is 3. The molecule has 2 aromatic rings. The van der Waals surface area contributed by atoms with Crippen LogP contribution in [0.1, 0.15) is 30.1 Å². The summed E-state index contributed by atoms with van der Waals surface area (Å²) >= 11 is 0. The third kappa shape index (κ3) is 3.61. The quantitative estimate of drug-likeness (QED) is 0.864. The van der Waals surface area contributed by atoms with Crippen LogP contribution in [0.3, 0.4) is 0 Å². The number of rotatable bonds is 4. The van der Waals surface area contributed by atoms with Crippen LogP contribution in [0.2, 0.25) is 0 Å². The highest BCUT2D eigenvalue weighted by Gasteiger charge is 2.27. The Labute approximate surface area is 138 Å². The molecular formula is C20H23N3. The monoisotopic (exact) mass is 305 g/mol. The highest BCUT2D eigenvalue weighted by molar-refractivity contribution is 5.24. The van der Waals surface area contributed by atoms with Crippen LogP contribution in [0.5, 0.6) is 0 Å². The fourth-order valence-electron chi connectivity index (χ4n) is 3.33. The Hall–Kier alpha value is -2.15. The van der Waals surface area contributed by atoms with Crippen LogP contribution in [0, 0.1) is 11.3 Å².